The Morgan fingerprint density at radius 1 is 1.41 bits per heavy atom. The van der Waals surface area contributed by atoms with Crippen molar-refractivity contribution in [2.75, 3.05) is 6.61 Å². The standard InChI is InChI=1S/C16H26N2O4/c1-6-13(14(19)20)11(7-12-8-17-10-18(12)5)9-22-15(21)16(2,3)4/h8,10-11,13H,6-7,9H2,1-5H3,(H,19,20)/t11-,13-/m0/s1. The Labute approximate surface area is 131 Å². The van der Waals surface area contributed by atoms with Gasteiger partial charge in [-0.05, 0) is 33.6 Å². The number of carbonyl (C=O) groups is 2. The van der Waals surface area contributed by atoms with Crippen molar-refractivity contribution in [1.29, 1.82) is 0 Å². The first-order valence-electron chi connectivity index (χ1n) is 7.52. The van der Waals surface area contributed by atoms with Crippen LogP contribution in [0.1, 0.15) is 39.8 Å². The lowest BCUT2D eigenvalue weighted by Gasteiger charge is -2.25. The molecule has 0 saturated heterocycles. The molecule has 0 aliphatic heterocycles. The lowest BCUT2D eigenvalue weighted by atomic mass is 9.87. The van der Waals surface area contributed by atoms with Gasteiger partial charge in [0, 0.05) is 24.9 Å². The molecule has 1 heterocycles. The van der Waals surface area contributed by atoms with Gasteiger partial charge in [-0.1, -0.05) is 6.92 Å². The Hall–Kier alpha value is -1.85. The zero-order valence-electron chi connectivity index (χ0n) is 14.0. The van der Waals surface area contributed by atoms with Crippen LogP contribution in [-0.4, -0.2) is 33.2 Å². The number of carbonyl (C=O) groups excluding carboxylic acids is 1. The quantitative estimate of drug-likeness (QED) is 0.781. The SMILES string of the molecule is CC[C@H](C(=O)O)[C@H](COC(=O)C(C)(C)C)Cc1cncn1C. The second kappa shape index (κ2) is 7.42. The number of ether oxygens (including phenoxy) is 1. The zero-order chi connectivity index (χ0) is 16.9. The molecule has 124 valence electrons. The summed E-state index contributed by atoms with van der Waals surface area (Å²) in [7, 11) is 1.86. The molecule has 6 heteroatoms. The Kier molecular flexibility index (Phi) is 6.14. The van der Waals surface area contributed by atoms with E-state index in [4.69, 9.17) is 4.74 Å². The fourth-order valence-corrected chi connectivity index (χ4v) is 2.28. The van der Waals surface area contributed by atoms with Gasteiger partial charge < -0.3 is 14.4 Å². The van der Waals surface area contributed by atoms with Crippen molar-refractivity contribution >= 4 is 11.9 Å². The normalized spacial score (nSPS) is 14.4. The van der Waals surface area contributed by atoms with E-state index in [2.05, 4.69) is 4.98 Å². The van der Waals surface area contributed by atoms with Gasteiger partial charge in [0.05, 0.1) is 24.3 Å². The largest absolute Gasteiger partial charge is 0.481 e. The number of nitrogens with zero attached hydrogens (tertiary/aromatic N) is 2. The Morgan fingerprint density at radius 2 is 2.05 bits per heavy atom. The number of carboxylic acids is 1. The topological polar surface area (TPSA) is 81.4 Å². The number of carboxylic acid groups (broad SMARTS) is 1. The van der Waals surface area contributed by atoms with Crippen molar-refractivity contribution in [3.63, 3.8) is 0 Å². The monoisotopic (exact) mass is 310 g/mol. The number of hydrogen-bond donors (Lipinski definition) is 1. The van der Waals surface area contributed by atoms with E-state index in [1.54, 1.807) is 33.3 Å². The number of rotatable bonds is 7. The van der Waals surface area contributed by atoms with Gasteiger partial charge >= 0.3 is 11.9 Å². The predicted octanol–water partition coefficient (Wildman–Crippen LogP) is 2.28. The molecule has 22 heavy (non-hydrogen) atoms. The molecule has 0 aliphatic carbocycles. The van der Waals surface area contributed by atoms with E-state index in [9.17, 15) is 14.7 Å². The fourth-order valence-electron chi connectivity index (χ4n) is 2.28. The molecular formula is C16H26N2O4. The summed E-state index contributed by atoms with van der Waals surface area (Å²) in [6.07, 6.45) is 4.39. The van der Waals surface area contributed by atoms with Crippen LogP contribution in [-0.2, 0) is 27.8 Å². The molecule has 0 aromatic carbocycles. The Balaban J connectivity index is 2.85. The molecule has 2 atom stereocenters. The van der Waals surface area contributed by atoms with Crippen LogP contribution >= 0.6 is 0 Å². The van der Waals surface area contributed by atoms with E-state index < -0.39 is 17.3 Å². The molecule has 1 aromatic heterocycles. The van der Waals surface area contributed by atoms with Crippen LogP contribution in [0.15, 0.2) is 12.5 Å². The third-order valence-corrected chi connectivity index (χ3v) is 3.75. The first-order chi connectivity index (χ1) is 10.2. The molecule has 0 unspecified atom stereocenters. The highest BCUT2D eigenvalue weighted by atomic mass is 16.5. The lowest BCUT2D eigenvalue weighted by molar-refractivity contribution is -0.157. The number of imidazole rings is 1. The van der Waals surface area contributed by atoms with Gasteiger partial charge in [0.1, 0.15) is 0 Å². The van der Waals surface area contributed by atoms with Gasteiger partial charge in [-0.25, -0.2) is 4.98 Å². The highest BCUT2D eigenvalue weighted by Crippen LogP contribution is 2.23. The summed E-state index contributed by atoms with van der Waals surface area (Å²) in [5.41, 5.74) is 0.332. The maximum absolute atomic E-state index is 11.9. The molecule has 0 spiro atoms. The van der Waals surface area contributed by atoms with Crippen molar-refractivity contribution in [3.05, 3.63) is 18.2 Å². The summed E-state index contributed by atoms with van der Waals surface area (Å²) >= 11 is 0. The van der Waals surface area contributed by atoms with E-state index in [1.165, 1.54) is 0 Å². The average molecular weight is 310 g/mol. The third-order valence-electron chi connectivity index (χ3n) is 3.75. The van der Waals surface area contributed by atoms with E-state index in [-0.39, 0.29) is 18.5 Å². The molecule has 0 bridgehead atoms. The maximum Gasteiger partial charge on any atom is 0.311 e. The van der Waals surface area contributed by atoms with Crippen molar-refractivity contribution in [2.24, 2.45) is 24.3 Å². The molecule has 0 saturated carbocycles. The van der Waals surface area contributed by atoms with Crippen LogP contribution in [0.25, 0.3) is 0 Å². The van der Waals surface area contributed by atoms with Gasteiger partial charge in [0.25, 0.3) is 0 Å². The van der Waals surface area contributed by atoms with Crippen LogP contribution in [0.3, 0.4) is 0 Å². The average Bonchev–Trinajstić information content (AvgIpc) is 2.80. The minimum atomic E-state index is -0.860. The number of aliphatic carboxylic acids is 1. The van der Waals surface area contributed by atoms with Gasteiger partial charge in [0.2, 0.25) is 0 Å². The van der Waals surface area contributed by atoms with Crippen molar-refractivity contribution in [1.82, 2.24) is 9.55 Å². The summed E-state index contributed by atoms with van der Waals surface area (Å²) in [5.74, 6) is -2.00. The zero-order valence-corrected chi connectivity index (χ0v) is 14.0. The lowest BCUT2D eigenvalue weighted by Crippen LogP contribution is -2.32. The van der Waals surface area contributed by atoms with Crippen molar-refractivity contribution in [2.45, 2.75) is 40.5 Å². The number of aromatic nitrogens is 2. The van der Waals surface area contributed by atoms with E-state index in [1.807, 2.05) is 18.5 Å². The van der Waals surface area contributed by atoms with Crippen LogP contribution in [0.4, 0.5) is 0 Å². The molecule has 6 nitrogen and oxygen atoms in total. The van der Waals surface area contributed by atoms with Crippen LogP contribution in [0.5, 0.6) is 0 Å². The highest BCUT2D eigenvalue weighted by molar-refractivity contribution is 5.75. The first-order valence-corrected chi connectivity index (χ1v) is 7.52. The molecule has 0 fully saturated rings. The van der Waals surface area contributed by atoms with Crippen molar-refractivity contribution in [3.8, 4) is 0 Å². The van der Waals surface area contributed by atoms with Gasteiger partial charge in [-0.2, -0.15) is 0 Å². The summed E-state index contributed by atoms with van der Waals surface area (Å²) < 4.78 is 7.21. The summed E-state index contributed by atoms with van der Waals surface area (Å²) in [4.78, 5) is 27.4. The molecule has 0 radical (unpaired) electrons. The van der Waals surface area contributed by atoms with Gasteiger partial charge in [-0.15, -0.1) is 0 Å². The van der Waals surface area contributed by atoms with Crippen LogP contribution in [0.2, 0.25) is 0 Å². The maximum atomic E-state index is 11.9. The van der Waals surface area contributed by atoms with Gasteiger partial charge in [0.15, 0.2) is 0 Å². The van der Waals surface area contributed by atoms with Crippen LogP contribution in [0, 0.1) is 17.3 Å². The Bertz CT molecular complexity index is 516. The third kappa shape index (κ3) is 4.86. The summed E-state index contributed by atoms with van der Waals surface area (Å²) in [6, 6.07) is 0. The predicted molar refractivity (Wildman–Crippen MR) is 82.2 cm³/mol. The van der Waals surface area contributed by atoms with E-state index in [0.717, 1.165) is 5.69 Å². The molecular weight excluding hydrogens is 284 g/mol. The van der Waals surface area contributed by atoms with E-state index in [0.29, 0.717) is 12.8 Å². The minimum absolute atomic E-state index is 0.103. The van der Waals surface area contributed by atoms with Crippen LogP contribution < -0.4 is 0 Å². The highest BCUT2D eigenvalue weighted by Gasteiger charge is 2.30. The van der Waals surface area contributed by atoms with Gasteiger partial charge in [-0.3, -0.25) is 9.59 Å². The second-order valence-corrected chi connectivity index (χ2v) is 6.66. The minimum Gasteiger partial charge on any atom is -0.481 e. The number of aryl methyl sites for hydroxylation is 1. The molecule has 1 rings (SSSR count). The molecule has 1 aromatic rings. The van der Waals surface area contributed by atoms with Crippen molar-refractivity contribution < 1.29 is 19.4 Å². The van der Waals surface area contributed by atoms with E-state index >= 15 is 0 Å². The molecule has 1 N–H and O–H groups in total. The first kappa shape index (κ1) is 18.2. The fraction of sp³-hybridized carbons (Fsp3) is 0.688. The number of hydrogen-bond acceptors (Lipinski definition) is 4. The summed E-state index contributed by atoms with van der Waals surface area (Å²) in [5, 5.41) is 9.40. The smallest absolute Gasteiger partial charge is 0.311 e. The molecule has 0 aliphatic rings. The second-order valence-electron chi connectivity index (χ2n) is 6.66. The molecule has 0 amide bonds. The Morgan fingerprint density at radius 3 is 2.45 bits per heavy atom. The number of esters is 1. The summed E-state index contributed by atoms with van der Waals surface area (Å²) in [6.45, 7) is 7.27.